The zero-order chi connectivity index (χ0) is 17.2. The van der Waals surface area contributed by atoms with Crippen molar-refractivity contribution in [2.75, 3.05) is 20.3 Å². The van der Waals surface area contributed by atoms with Gasteiger partial charge in [0.05, 0.1) is 18.7 Å². The third-order valence-electron chi connectivity index (χ3n) is 4.37. The molecule has 25 heavy (non-hydrogen) atoms. The maximum atomic E-state index is 12.4. The van der Waals surface area contributed by atoms with Crippen LogP contribution in [0.15, 0.2) is 36.0 Å². The Morgan fingerprint density at radius 1 is 1.52 bits per heavy atom. The van der Waals surface area contributed by atoms with Gasteiger partial charge in [0.25, 0.3) is 0 Å². The van der Waals surface area contributed by atoms with Crippen LogP contribution in [0.2, 0.25) is 0 Å². The van der Waals surface area contributed by atoms with Gasteiger partial charge in [0, 0.05) is 30.7 Å². The van der Waals surface area contributed by atoms with Crippen LogP contribution < -0.4 is 14.8 Å². The highest BCUT2D eigenvalue weighted by Crippen LogP contribution is 2.35. The van der Waals surface area contributed by atoms with Gasteiger partial charge in [-0.15, -0.1) is 11.3 Å². The number of ether oxygens (including phenoxy) is 2. The van der Waals surface area contributed by atoms with Gasteiger partial charge in [0.2, 0.25) is 5.91 Å². The van der Waals surface area contributed by atoms with E-state index in [4.69, 9.17) is 9.47 Å². The normalized spacial score (nSPS) is 16.3. The Morgan fingerprint density at radius 2 is 2.44 bits per heavy atom. The van der Waals surface area contributed by atoms with Crippen molar-refractivity contribution in [2.24, 2.45) is 5.92 Å². The molecular formula is C18H19N3O3S. The number of amides is 1. The van der Waals surface area contributed by atoms with Crippen molar-refractivity contribution in [3.05, 3.63) is 47.2 Å². The molecule has 0 spiro atoms. The van der Waals surface area contributed by atoms with Crippen LogP contribution in [0.4, 0.5) is 0 Å². The first-order chi connectivity index (χ1) is 12.2. The largest absolute Gasteiger partial charge is 0.493 e. The minimum Gasteiger partial charge on any atom is -0.493 e. The molecule has 0 fully saturated rings. The molecule has 4 rings (SSSR count). The summed E-state index contributed by atoms with van der Waals surface area (Å²) in [4.78, 5) is 17.9. The molecule has 1 N–H and O–H groups in total. The molecule has 1 aliphatic rings. The Hall–Kier alpha value is -2.54. The molecular weight excluding hydrogens is 338 g/mol. The van der Waals surface area contributed by atoms with Gasteiger partial charge in [-0.3, -0.25) is 9.20 Å². The summed E-state index contributed by atoms with van der Waals surface area (Å²) >= 11 is 1.60. The van der Waals surface area contributed by atoms with Crippen molar-refractivity contribution in [1.82, 2.24) is 14.7 Å². The summed E-state index contributed by atoms with van der Waals surface area (Å²) in [7, 11) is 1.62. The fourth-order valence-corrected chi connectivity index (χ4v) is 3.80. The van der Waals surface area contributed by atoms with Crippen LogP contribution in [-0.4, -0.2) is 35.6 Å². The molecule has 2 aromatic heterocycles. The quantitative estimate of drug-likeness (QED) is 0.761. The van der Waals surface area contributed by atoms with Crippen LogP contribution in [0.3, 0.4) is 0 Å². The second-order valence-electron chi connectivity index (χ2n) is 6.03. The van der Waals surface area contributed by atoms with Crippen molar-refractivity contribution in [3.63, 3.8) is 0 Å². The van der Waals surface area contributed by atoms with E-state index in [2.05, 4.69) is 10.3 Å². The fraction of sp³-hybridized carbons (Fsp3) is 0.333. The van der Waals surface area contributed by atoms with Gasteiger partial charge in [0.1, 0.15) is 6.61 Å². The average molecular weight is 357 g/mol. The first-order valence-corrected chi connectivity index (χ1v) is 9.10. The summed E-state index contributed by atoms with van der Waals surface area (Å²) < 4.78 is 13.1. The van der Waals surface area contributed by atoms with Crippen molar-refractivity contribution in [2.45, 2.75) is 12.8 Å². The second-order valence-corrected chi connectivity index (χ2v) is 6.90. The molecule has 0 unspecified atom stereocenters. The lowest BCUT2D eigenvalue weighted by atomic mass is 9.95. The first-order valence-electron chi connectivity index (χ1n) is 8.22. The van der Waals surface area contributed by atoms with E-state index in [9.17, 15) is 4.79 Å². The molecule has 0 radical (unpaired) electrons. The van der Waals surface area contributed by atoms with Crippen LogP contribution in [-0.2, 0) is 17.6 Å². The number of hydrogen-bond donors (Lipinski definition) is 1. The molecule has 0 saturated heterocycles. The third-order valence-corrected chi connectivity index (χ3v) is 5.14. The average Bonchev–Trinajstić information content (AvgIpc) is 3.22. The Kier molecular flexibility index (Phi) is 4.31. The van der Waals surface area contributed by atoms with E-state index >= 15 is 0 Å². The van der Waals surface area contributed by atoms with E-state index in [1.807, 2.05) is 40.4 Å². The number of methoxy groups -OCH3 is 1. The third kappa shape index (κ3) is 3.19. The van der Waals surface area contributed by atoms with E-state index in [0.29, 0.717) is 19.6 Å². The predicted molar refractivity (Wildman–Crippen MR) is 95.5 cm³/mol. The molecule has 0 saturated carbocycles. The van der Waals surface area contributed by atoms with E-state index in [0.717, 1.165) is 34.1 Å². The summed E-state index contributed by atoms with van der Waals surface area (Å²) in [5, 5.41) is 5.00. The highest BCUT2D eigenvalue weighted by Gasteiger charge is 2.27. The van der Waals surface area contributed by atoms with Gasteiger partial charge in [-0.25, -0.2) is 4.98 Å². The van der Waals surface area contributed by atoms with Crippen LogP contribution in [0.1, 0.15) is 11.3 Å². The zero-order valence-corrected chi connectivity index (χ0v) is 14.7. The van der Waals surface area contributed by atoms with Gasteiger partial charge >= 0.3 is 0 Å². The van der Waals surface area contributed by atoms with Crippen molar-refractivity contribution >= 4 is 22.2 Å². The van der Waals surface area contributed by atoms with Gasteiger partial charge in [0.15, 0.2) is 16.5 Å². The standard InChI is InChI=1S/C18H19N3O3S/c1-23-15-4-2-3-12-9-13(11-24-16(12)15)17(22)19-6-5-14-10-21-7-8-25-18(21)20-14/h2-4,7-8,10,13H,5-6,9,11H2,1H3,(H,19,22)/t13-/m0/s1. The number of rotatable bonds is 5. The minimum atomic E-state index is -0.176. The van der Waals surface area contributed by atoms with E-state index < -0.39 is 0 Å². The summed E-state index contributed by atoms with van der Waals surface area (Å²) in [6, 6.07) is 5.77. The SMILES string of the molecule is COc1cccc2c1OC[C@@H](C(=O)NCCc1cn3ccsc3n1)C2. The predicted octanol–water partition coefficient (Wildman–Crippen LogP) is 2.31. The van der Waals surface area contributed by atoms with Gasteiger partial charge in [-0.2, -0.15) is 0 Å². The molecule has 1 aromatic carbocycles. The van der Waals surface area contributed by atoms with Gasteiger partial charge in [-0.05, 0) is 18.1 Å². The Labute approximate surface area is 149 Å². The monoisotopic (exact) mass is 357 g/mol. The summed E-state index contributed by atoms with van der Waals surface area (Å²) in [5.41, 5.74) is 2.00. The Morgan fingerprint density at radius 3 is 3.28 bits per heavy atom. The Bertz CT molecular complexity index is 873. The Balaban J connectivity index is 1.33. The number of carbonyl (C=O) groups excluding carboxylic acids is 1. The first kappa shape index (κ1) is 16.0. The molecule has 7 heteroatoms. The number of nitrogens with one attached hydrogen (secondary N) is 1. The van der Waals surface area contributed by atoms with Crippen LogP contribution in [0.25, 0.3) is 4.96 Å². The lowest BCUT2D eigenvalue weighted by molar-refractivity contribution is -0.126. The number of benzene rings is 1. The number of para-hydroxylation sites is 1. The van der Waals surface area contributed by atoms with Gasteiger partial charge in [-0.1, -0.05) is 12.1 Å². The molecule has 130 valence electrons. The molecule has 0 aliphatic carbocycles. The topological polar surface area (TPSA) is 64.9 Å². The molecule has 3 heterocycles. The lowest BCUT2D eigenvalue weighted by Gasteiger charge is -2.25. The van der Waals surface area contributed by atoms with Crippen molar-refractivity contribution in [3.8, 4) is 11.5 Å². The highest BCUT2D eigenvalue weighted by molar-refractivity contribution is 7.15. The van der Waals surface area contributed by atoms with Gasteiger partial charge < -0.3 is 14.8 Å². The molecule has 3 aromatic rings. The van der Waals surface area contributed by atoms with E-state index in [1.54, 1.807) is 18.4 Å². The maximum absolute atomic E-state index is 12.4. The number of thiazole rings is 1. The van der Waals surface area contributed by atoms with Crippen molar-refractivity contribution < 1.29 is 14.3 Å². The summed E-state index contributed by atoms with van der Waals surface area (Å²) in [6.07, 6.45) is 5.38. The smallest absolute Gasteiger partial charge is 0.226 e. The minimum absolute atomic E-state index is 0.0227. The molecule has 1 amide bonds. The maximum Gasteiger partial charge on any atom is 0.226 e. The number of carbonyl (C=O) groups is 1. The second kappa shape index (κ2) is 6.76. The summed E-state index contributed by atoms with van der Waals surface area (Å²) in [5.74, 6) is 1.32. The molecule has 6 nitrogen and oxygen atoms in total. The molecule has 1 aliphatic heterocycles. The van der Waals surface area contributed by atoms with Crippen LogP contribution >= 0.6 is 11.3 Å². The molecule has 0 bridgehead atoms. The number of nitrogens with zero attached hydrogens (tertiary/aromatic N) is 2. The van der Waals surface area contributed by atoms with E-state index in [-0.39, 0.29) is 11.8 Å². The number of hydrogen-bond acceptors (Lipinski definition) is 5. The number of aromatic nitrogens is 2. The summed E-state index contributed by atoms with van der Waals surface area (Å²) in [6.45, 7) is 0.949. The number of fused-ring (bicyclic) bond motifs is 2. The van der Waals surface area contributed by atoms with E-state index in [1.165, 1.54) is 0 Å². The fourth-order valence-electron chi connectivity index (χ4n) is 3.08. The zero-order valence-electron chi connectivity index (χ0n) is 13.9. The van der Waals surface area contributed by atoms with Crippen molar-refractivity contribution in [1.29, 1.82) is 0 Å². The lowest BCUT2D eigenvalue weighted by Crippen LogP contribution is -2.38. The van der Waals surface area contributed by atoms with Crippen LogP contribution in [0, 0.1) is 5.92 Å². The number of imidazole rings is 1. The van der Waals surface area contributed by atoms with Crippen LogP contribution in [0.5, 0.6) is 11.5 Å². The highest BCUT2D eigenvalue weighted by atomic mass is 32.1. The molecule has 1 atom stereocenters.